The van der Waals surface area contributed by atoms with Crippen LogP contribution < -0.4 is 21.3 Å². The molecule has 4 amide bonds. The van der Waals surface area contributed by atoms with E-state index in [4.69, 9.17) is 10.00 Å². The summed E-state index contributed by atoms with van der Waals surface area (Å²) in [6.07, 6.45) is 1.31. The van der Waals surface area contributed by atoms with Gasteiger partial charge in [-0.05, 0) is 49.6 Å². The fourth-order valence-corrected chi connectivity index (χ4v) is 3.40. The molecule has 4 N–H and O–H groups in total. The largest absolute Gasteiger partial charge is 0.379 e. The van der Waals surface area contributed by atoms with E-state index in [1.54, 1.807) is 24.3 Å². The molecule has 1 unspecified atom stereocenters. The maximum absolute atomic E-state index is 12.6. The van der Waals surface area contributed by atoms with Crippen molar-refractivity contribution < 1.29 is 19.1 Å². The molecule has 1 aromatic carbocycles. The van der Waals surface area contributed by atoms with E-state index in [1.807, 2.05) is 19.9 Å². The van der Waals surface area contributed by atoms with E-state index in [1.165, 1.54) is 0 Å². The van der Waals surface area contributed by atoms with Crippen molar-refractivity contribution in [1.29, 1.82) is 5.26 Å². The lowest BCUT2D eigenvalue weighted by molar-refractivity contribution is -0.123. The van der Waals surface area contributed by atoms with E-state index < -0.39 is 11.9 Å². The third kappa shape index (κ3) is 9.89. The van der Waals surface area contributed by atoms with Crippen molar-refractivity contribution in [3.63, 3.8) is 0 Å². The number of hydrogen-bond donors (Lipinski definition) is 4. The lowest BCUT2D eigenvalue weighted by Gasteiger charge is -2.26. The molecule has 0 bridgehead atoms. The Kier molecular flexibility index (Phi) is 11.1. The van der Waals surface area contributed by atoms with Gasteiger partial charge in [0, 0.05) is 30.9 Å². The molecular formula is C23H34N6O4. The van der Waals surface area contributed by atoms with Crippen molar-refractivity contribution in [3.8, 4) is 6.07 Å². The first-order valence-corrected chi connectivity index (χ1v) is 11.3. The maximum Gasteiger partial charge on any atom is 0.319 e. The van der Waals surface area contributed by atoms with Crippen LogP contribution in [0.25, 0.3) is 0 Å². The van der Waals surface area contributed by atoms with Crippen LogP contribution >= 0.6 is 0 Å². The van der Waals surface area contributed by atoms with E-state index in [9.17, 15) is 14.4 Å². The van der Waals surface area contributed by atoms with Gasteiger partial charge >= 0.3 is 6.03 Å². The number of hydrogen-bond acceptors (Lipinski definition) is 6. The Hall–Kier alpha value is -3.16. The molecule has 1 aliphatic rings. The first-order valence-electron chi connectivity index (χ1n) is 11.3. The summed E-state index contributed by atoms with van der Waals surface area (Å²) in [5.74, 6) is -0.601. The summed E-state index contributed by atoms with van der Waals surface area (Å²) in [4.78, 5) is 39.2. The zero-order valence-electron chi connectivity index (χ0n) is 19.4. The first-order chi connectivity index (χ1) is 15.9. The molecular weight excluding hydrogens is 424 g/mol. The zero-order chi connectivity index (χ0) is 24.1. The lowest BCUT2D eigenvalue weighted by Crippen LogP contribution is -2.47. The van der Waals surface area contributed by atoms with Crippen LogP contribution in [0.2, 0.25) is 0 Å². The van der Waals surface area contributed by atoms with Crippen LogP contribution in [0, 0.1) is 17.2 Å². The molecule has 1 aromatic rings. The number of benzene rings is 1. The highest BCUT2D eigenvalue weighted by Crippen LogP contribution is 2.11. The monoisotopic (exact) mass is 458 g/mol. The minimum atomic E-state index is -0.730. The van der Waals surface area contributed by atoms with Gasteiger partial charge in [0.05, 0.1) is 19.3 Å². The molecule has 2 rings (SSSR count). The minimum Gasteiger partial charge on any atom is -0.379 e. The maximum atomic E-state index is 12.6. The summed E-state index contributed by atoms with van der Waals surface area (Å²) in [6.45, 7) is 8.64. The van der Waals surface area contributed by atoms with Gasteiger partial charge in [-0.15, -0.1) is 0 Å². The Bertz CT molecular complexity index is 815. The van der Waals surface area contributed by atoms with Gasteiger partial charge in [-0.25, -0.2) is 4.79 Å². The van der Waals surface area contributed by atoms with Crippen LogP contribution in [-0.2, 0) is 9.53 Å². The van der Waals surface area contributed by atoms with Crippen molar-refractivity contribution in [2.24, 2.45) is 5.92 Å². The molecule has 0 saturated carbocycles. The van der Waals surface area contributed by atoms with Crippen LogP contribution in [0.4, 0.5) is 10.5 Å². The van der Waals surface area contributed by atoms with E-state index in [-0.39, 0.29) is 24.4 Å². The van der Waals surface area contributed by atoms with Crippen molar-refractivity contribution in [3.05, 3.63) is 29.8 Å². The van der Waals surface area contributed by atoms with Crippen LogP contribution in [0.3, 0.4) is 0 Å². The van der Waals surface area contributed by atoms with Gasteiger partial charge in [0.2, 0.25) is 5.91 Å². The molecule has 1 aliphatic heterocycles. The van der Waals surface area contributed by atoms with Gasteiger partial charge in [0.25, 0.3) is 5.91 Å². The number of ether oxygens (including phenoxy) is 1. The second-order valence-corrected chi connectivity index (χ2v) is 8.30. The number of rotatable bonds is 11. The summed E-state index contributed by atoms with van der Waals surface area (Å²) in [5.41, 5.74) is 0.927. The van der Waals surface area contributed by atoms with E-state index in [0.29, 0.717) is 24.2 Å². The minimum absolute atomic E-state index is 0.112. The summed E-state index contributed by atoms with van der Waals surface area (Å²) in [6, 6.07) is 7.26. The van der Waals surface area contributed by atoms with E-state index in [2.05, 4.69) is 26.2 Å². The predicted octanol–water partition coefficient (Wildman–Crippen LogP) is 1.31. The third-order valence-corrected chi connectivity index (χ3v) is 5.12. The SMILES string of the molecule is CC(C)CC(NC(=O)c1ccc(NC(=O)NCCCN2CCOCC2)cc1)C(=O)NCC#N. The number of carbonyl (C=O) groups excluding carboxylic acids is 3. The molecule has 1 heterocycles. The van der Waals surface area contributed by atoms with E-state index in [0.717, 1.165) is 39.3 Å². The lowest BCUT2D eigenvalue weighted by atomic mass is 10.0. The topological polar surface area (TPSA) is 136 Å². The standard InChI is InChI=1S/C23H34N6O4/c1-17(2)16-20(22(31)25-10-8-24)28-21(30)18-4-6-19(7-5-18)27-23(32)26-9-3-11-29-12-14-33-15-13-29/h4-7,17,20H,3,9-16H2,1-2H3,(H,25,31)(H,28,30)(H2,26,27,32). The van der Waals surface area contributed by atoms with Gasteiger partial charge in [-0.1, -0.05) is 13.8 Å². The predicted molar refractivity (Wildman–Crippen MR) is 125 cm³/mol. The molecule has 1 fully saturated rings. The number of nitriles is 1. The summed E-state index contributed by atoms with van der Waals surface area (Å²) < 4.78 is 5.32. The molecule has 10 nitrogen and oxygen atoms in total. The average molecular weight is 459 g/mol. The Labute approximate surface area is 195 Å². The van der Waals surface area contributed by atoms with Crippen molar-refractivity contribution in [1.82, 2.24) is 20.9 Å². The summed E-state index contributed by atoms with van der Waals surface area (Å²) in [5, 5.41) is 19.4. The Morgan fingerprint density at radius 2 is 1.82 bits per heavy atom. The number of amides is 4. The second-order valence-electron chi connectivity index (χ2n) is 8.30. The molecule has 0 radical (unpaired) electrons. The number of anilines is 1. The highest BCUT2D eigenvalue weighted by Gasteiger charge is 2.22. The number of nitrogens with one attached hydrogen (secondary N) is 4. The van der Waals surface area contributed by atoms with Gasteiger partial charge < -0.3 is 26.0 Å². The number of nitrogens with zero attached hydrogens (tertiary/aromatic N) is 2. The van der Waals surface area contributed by atoms with Gasteiger partial charge in [0.15, 0.2) is 0 Å². The Balaban J connectivity index is 1.78. The van der Waals surface area contributed by atoms with Crippen LogP contribution in [-0.4, -0.2) is 74.7 Å². The molecule has 10 heteroatoms. The Morgan fingerprint density at radius 1 is 1.12 bits per heavy atom. The van der Waals surface area contributed by atoms with Crippen molar-refractivity contribution in [2.75, 3.05) is 51.3 Å². The smallest absolute Gasteiger partial charge is 0.319 e. The fraction of sp³-hybridized carbons (Fsp3) is 0.565. The highest BCUT2D eigenvalue weighted by atomic mass is 16.5. The van der Waals surface area contributed by atoms with E-state index >= 15 is 0 Å². The first kappa shape index (κ1) is 26.1. The van der Waals surface area contributed by atoms with Gasteiger partial charge in [-0.2, -0.15) is 5.26 Å². The summed E-state index contributed by atoms with van der Waals surface area (Å²) in [7, 11) is 0. The van der Waals surface area contributed by atoms with Gasteiger partial charge in [0.1, 0.15) is 12.6 Å². The number of urea groups is 1. The summed E-state index contributed by atoms with van der Waals surface area (Å²) >= 11 is 0. The average Bonchev–Trinajstić information content (AvgIpc) is 2.80. The molecule has 0 spiro atoms. The number of morpholine rings is 1. The van der Waals surface area contributed by atoms with Crippen molar-refractivity contribution in [2.45, 2.75) is 32.7 Å². The van der Waals surface area contributed by atoms with Crippen molar-refractivity contribution >= 4 is 23.5 Å². The molecule has 33 heavy (non-hydrogen) atoms. The van der Waals surface area contributed by atoms with Crippen LogP contribution in [0.5, 0.6) is 0 Å². The molecule has 0 aliphatic carbocycles. The third-order valence-electron chi connectivity index (χ3n) is 5.12. The van der Waals surface area contributed by atoms with Crippen LogP contribution in [0.15, 0.2) is 24.3 Å². The molecule has 0 aromatic heterocycles. The molecule has 1 saturated heterocycles. The zero-order valence-corrected chi connectivity index (χ0v) is 19.4. The fourth-order valence-electron chi connectivity index (χ4n) is 3.40. The van der Waals surface area contributed by atoms with Crippen LogP contribution in [0.1, 0.15) is 37.0 Å². The second kappa shape index (κ2) is 14.1. The highest BCUT2D eigenvalue weighted by molar-refractivity contribution is 5.98. The molecule has 180 valence electrons. The normalized spacial score (nSPS) is 14.7. The molecule has 1 atom stereocenters. The quantitative estimate of drug-likeness (QED) is 0.292. The van der Waals surface area contributed by atoms with Gasteiger partial charge in [-0.3, -0.25) is 14.5 Å². The Morgan fingerprint density at radius 3 is 2.45 bits per heavy atom. The number of carbonyl (C=O) groups is 3.